The van der Waals surface area contributed by atoms with Crippen LogP contribution in [0.1, 0.15) is 16.1 Å². The largest absolute Gasteiger partial charge is 0.383 e. The molecule has 0 spiro atoms. The molecule has 0 fully saturated rings. The molecular formula is C9H9N5OS. The van der Waals surface area contributed by atoms with Gasteiger partial charge in [-0.05, 0) is 6.92 Å². The van der Waals surface area contributed by atoms with Crippen molar-refractivity contribution in [3.8, 4) is 11.5 Å². The summed E-state index contributed by atoms with van der Waals surface area (Å²) in [4.78, 5) is 23.3. The fraction of sp³-hybridized carbons (Fsp3) is 0.111. The van der Waals surface area contributed by atoms with E-state index in [1.54, 1.807) is 17.8 Å². The van der Waals surface area contributed by atoms with Crippen LogP contribution in [-0.2, 0) is 0 Å². The molecule has 0 aliphatic carbocycles. The van der Waals surface area contributed by atoms with Gasteiger partial charge in [0.25, 0.3) is 5.91 Å². The molecule has 0 bridgehead atoms. The number of aryl methyl sites for hydroxylation is 1. The first-order valence-electron chi connectivity index (χ1n) is 4.42. The van der Waals surface area contributed by atoms with Gasteiger partial charge in [-0.2, -0.15) is 0 Å². The maximum atomic E-state index is 11.1. The molecule has 1 amide bonds. The summed E-state index contributed by atoms with van der Waals surface area (Å²) in [7, 11) is 0. The summed E-state index contributed by atoms with van der Waals surface area (Å²) in [5, 5.41) is 1.80. The van der Waals surface area contributed by atoms with Gasteiger partial charge in [0, 0.05) is 5.38 Å². The summed E-state index contributed by atoms with van der Waals surface area (Å²) in [6.07, 6.45) is 0. The number of hydrogen-bond donors (Lipinski definition) is 2. The molecule has 82 valence electrons. The summed E-state index contributed by atoms with van der Waals surface area (Å²) >= 11 is 1.43. The molecule has 6 nitrogen and oxygen atoms in total. The Bertz CT molecular complexity index is 514. The van der Waals surface area contributed by atoms with Gasteiger partial charge in [-0.1, -0.05) is 0 Å². The zero-order chi connectivity index (χ0) is 11.7. The van der Waals surface area contributed by atoms with Gasteiger partial charge in [0.05, 0.1) is 11.2 Å². The lowest BCUT2D eigenvalue weighted by Gasteiger charge is -2.05. The fourth-order valence-corrected chi connectivity index (χ4v) is 1.87. The minimum absolute atomic E-state index is 0.0861. The minimum Gasteiger partial charge on any atom is -0.383 e. The van der Waals surface area contributed by atoms with E-state index < -0.39 is 5.91 Å². The Morgan fingerprint density at radius 1 is 1.44 bits per heavy atom. The highest BCUT2D eigenvalue weighted by molar-refractivity contribution is 7.07. The van der Waals surface area contributed by atoms with Crippen molar-refractivity contribution in [2.24, 2.45) is 5.73 Å². The molecule has 0 unspecified atom stereocenters. The quantitative estimate of drug-likeness (QED) is 0.792. The number of anilines is 1. The normalized spacial score (nSPS) is 10.3. The second kappa shape index (κ2) is 3.86. The Labute approximate surface area is 95.4 Å². The predicted octanol–water partition coefficient (Wildman–Crippen LogP) is 0.590. The number of amides is 1. The number of aromatic nitrogens is 3. The predicted molar refractivity (Wildman–Crippen MR) is 60.8 cm³/mol. The second-order valence-electron chi connectivity index (χ2n) is 3.13. The van der Waals surface area contributed by atoms with Gasteiger partial charge in [-0.15, -0.1) is 11.3 Å². The molecule has 0 atom stereocenters. The smallest absolute Gasteiger partial charge is 0.254 e. The zero-order valence-electron chi connectivity index (χ0n) is 8.47. The Morgan fingerprint density at radius 3 is 2.69 bits per heavy atom. The summed E-state index contributed by atoms with van der Waals surface area (Å²) in [6, 6.07) is 0. The van der Waals surface area contributed by atoms with Gasteiger partial charge in [0.15, 0.2) is 5.82 Å². The van der Waals surface area contributed by atoms with E-state index in [1.165, 1.54) is 11.3 Å². The van der Waals surface area contributed by atoms with Crippen molar-refractivity contribution >= 4 is 23.1 Å². The van der Waals surface area contributed by atoms with Gasteiger partial charge in [0.1, 0.15) is 17.1 Å². The summed E-state index contributed by atoms with van der Waals surface area (Å²) < 4.78 is 0. The number of hydrogen-bond acceptors (Lipinski definition) is 6. The third-order valence-corrected chi connectivity index (χ3v) is 2.61. The number of carbonyl (C=O) groups excluding carboxylic acids is 1. The maximum absolute atomic E-state index is 11.1. The number of carbonyl (C=O) groups is 1. The van der Waals surface area contributed by atoms with E-state index in [1.807, 2.05) is 0 Å². The average molecular weight is 235 g/mol. The molecular weight excluding hydrogens is 226 g/mol. The van der Waals surface area contributed by atoms with E-state index in [-0.39, 0.29) is 11.4 Å². The second-order valence-corrected chi connectivity index (χ2v) is 3.85. The molecule has 0 radical (unpaired) electrons. The van der Waals surface area contributed by atoms with Gasteiger partial charge in [0.2, 0.25) is 0 Å². The summed E-state index contributed by atoms with van der Waals surface area (Å²) in [5.74, 6) is -0.135. The SMILES string of the molecule is Cc1nc(-c2cscn2)nc(N)c1C(N)=O. The van der Waals surface area contributed by atoms with Crippen molar-refractivity contribution in [1.82, 2.24) is 15.0 Å². The third-order valence-electron chi connectivity index (χ3n) is 2.03. The van der Waals surface area contributed by atoms with Crippen molar-refractivity contribution in [3.05, 3.63) is 22.1 Å². The van der Waals surface area contributed by atoms with Crippen LogP contribution in [0.25, 0.3) is 11.5 Å². The molecule has 2 aromatic rings. The number of nitrogens with two attached hydrogens (primary N) is 2. The lowest BCUT2D eigenvalue weighted by atomic mass is 10.2. The molecule has 16 heavy (non-hydrogen) atoms. The van der Waals surface area contributed by atoms with Crippen LogP contribution >= 0.6 is 11.3 Å². The van der Waals surface area contributed by atoms with E-state index in [2.05, 4.69) is 15.0 Å². The first-order valence-corrected chi connectivity index (χ1v) is 5.36. The van der Waals surface area contributed by atoms with Crippen molar-refractivity contribution < 1.29 is 4.79 Å². The molecule has 0 saturated carbocycles. The first kappa shape index (κ1) is 10.5. The van der Waals surface area contributed by atoms with Crippen LogP contribution in [0.5, 0.6) is 0 Å². The molecule has 2 rings (SSSR count). The number of nitrogen functional groups attached to an aromatic ring is 1. The Morgan fingerprint density at radius 2 is 2.19 bits per heavy atom. The van der Waals surface area contributed by atoms with Gasteiger partial charge >= 0.3 is 0 Å². The molecule has 4 N–H and O–H groups in total. The van der Waals surface area contributed by atoms with Gasteiger partial charge in [-0.3, -0.25) is 4.79 Å². The molecule has 0 aromatic carbocycles. The number of primary amides is 1. The van der Waals surface area contributed by atoms with Crippen molar-refractivity contribution in [2.45, 2.75) is 6.92 Å². The number of nitrogens with zero attached hydrogens (tertiary/aromatic N) is 3. The number of rotatable bonds is 2. The van der Waals surface area contributed by atoms with Gasteiger partial charge in [-0.25, -0.2) is 15.0 Å². The number of thiazole rings is 1. The zero-order valence-corrected chi connectivity index (χ0v) is 9.28. The van der Waals surface area contributed by atoms with Crippen molar-refractivity contribution in [3.63, 3.8) is 0 Å². The minimum atomic E-state index is -0.625. The van der Waals surface area contributed by atoms with E-state index in [0.29, 0.717) is 17.2 Å². The monoisotopic (exact) mass is 235 g/mol. The highest BCUT2D eigenvalue weighted by Gasteiger charge is 2.15. The topological polar surface area (TPSA) is 108 Å². The maximum Gasteiger partial charge on any atom is 0.254 e. The van der Waals surface area contributed by atoms with Crippen LogP contribution in [0.2, 0.25) is 0 Å². The molecule has 0 saturated heterocycles. The van der Waals surface area contributed by atoms with Crippen molar-refractivity contribution in [2.75, 3.05) is 5.73 Å². The fourth-order valence-electron chi connectivity index (χ4n) is 1.34. The summed E-state index contributed by atoms with van der Waals surface area (Å²) in [5.41, 5.74) is 13.8. The average Bonchev–Trinajstić information content (AvgIpc) is 2.67. The Balaban J connectivity index is 2.58. The van der Waals surface area contributed by atoms with E-state index in [4.69, 9.17) is 11.5 Å². The van der Waals surface area contributed by atoms with Crippen LogP contribution in [-0.4, -0.2) is 20.9 Å². The van der Waals surface area contributed by atoms with E-state index >= 15 is 0 Å². The molecule has 0 aliphatic heterocycles. The van der Waals surface area contributed by atoms with Crippen LogP contribution in [0, 0.1) is 6.92 Å². The van der Waals surface area contributed by atoms with E-state index in [0.717, 1.165) is 0 Å². The lowest BCUT2D eigenvalue weighted by Crippen LogP contribution is -2.17. The van der Waals surface area contributed by atoms with Crippen LogP contribution in [0.4, 0.5) is 5.82 Å². The summed E-state index contributed by atoms with van der Waals surface area (Å²) in [6.45, 7) is 1.66. The Hall–Kier alpha value is -2.02. The Kier molecular flexibility index (Phi) is 2.53. The van der Waals surface area contributed by atoms with Crippen LogP contribution in [0.15, 0.2) is 10.9 Å². The molecule has 0 aliphatic rings. The lowest BCUT2D eigenvalue weighted by molar-refractivity contribution is 0.1000. The molecule has 2 aromatic heterocycles. The highest BCUT2D eigenvalue weighted by atomic mass is 32.1. The van der Waals surface area contributed by atoms with Crippen LogP contribution in [0.3, 0.4) is 0 Å². The highest BCUT2D eigenvalue weighted by Crippen LogP contribution is 2.19. The van der Waals surface area contributed by atoms with Crippen molar-refractivity contribution in [1.29, 1.82) is 0 Å². The van der Waals surface area contributed by atoms with Gasteiger partial charge < -0.3 is 11.5 Å². The molecule has 2 heterocycles. The van der Waals surface area contributed by atoms with E-state index in [9.17, 15) is 4.79 Å². The standard InChI is InChI=1S/C9H9N5OS/c1-4-6(8(11)15)7(10)14-9(13-4)5-2-16-3-12-5/h2-3H,1H3,(H2,11,15)(H2,10,13,14). The first-order chi connectivity index (χ1) is 7.59. The van der Waals surface area contributed by atoms with Crippen LogP contribution < -0.4 is 11.5 Å². The molecule has 7 heteroatoms. The third kappa shape index (κ3) is 1.72.